The number of nitrogens with two attached hydrogens (primary N) is 1. The molecule has 1 aromatic rings. The summed E-state index contributed by atoms with van der Waals surface area (Å²) in [4.78, 5) is 3.28. The van der Waals surface area contributed by atoms with Gasteiger partial charge in [-0.15, -0.1) is 0 Å². The van der Waals surface area contributed by atoms with Crippen molar-refractivity contribution in [1.82, 2.24) is 4.98 Å². The number of anilines is 2. The van der Waals surface area contributed by atoms with Gasteiger partial charge in [0.05, 0.1) is 23.7 Å². The molecule has 1 aromatic heterocycles. The van der Waals surface area contributed by atoms with Gasteiger partial charge in [0, 0.05) is 12.5 Å². The molecule has 0 saturated heterocycles. The van der Waals surface area contributed by atoms with E-state index < -0.39 is 18.0 Å². The number of hydrogen-bond donors (Lipinski definition) is 3. The van der Waals surface area contributed by atoms with Crippen LogP contribution in [-0.2, 0) is 6.18 Å². The van der Waals surface area contributed by atoms with Crippen molar-refractivity contribution in [1.29, 1.82) is 0 Å². The van der Waals surface area contributed by atoms with Crippen molar-refractivity contribution < 1.29 is 18.3 Å². The number of alkyl halides is 3. The highest BCUT2D eigenvalue weighted by Crippen LogP contribution is 2.31. The Bertz CT molecular complexity index is 465. The van der Waals surface area contributed by atoms with Crippen LogP contribution >= 0.6 is 0 Å². The van der Waals surface area contributed by atoms with Crippen molar-refractivity contribution in [2.45, 2.75) is 38.0 Å². The van der Waals surface area contributed by atoms with Gasteiger partial charge in [-0.2, -0.15) is 13.2 Å². The molecule has 0 spiro atoms. The van der Waals surface area contributed by atoms with Gasteiger partial charge in [0.2, 0.25) is 0 Å². The van der Waals surface area contributed by atoms with E-state index in [1.54, 1.807) is 0 Å². The van der Waals surface area contributed by atoms with E-state index in [2.05, 4.69) is 10.3 Å². The average Bonchev–Trinajstić information content (AvgIpc) is 2.38. The third-order valence-corrected chi connectivity index (χ3v) is 3.65. The summed E-state index contributed by atoms with van der Waals surface area (Å²) in [5, 5.41) is 12.7. The number of aliphatic hydroxyl groups excluding tert-OH is 1. The Morgan fingerprint density at radius 2 is 2.05 bits per heavy atom. The number of rotatable bonds is 3. The van der Waals surface area contributed by atoms with Gasteiger partial charge in [-0.05, 0) is 18.9 Å². The van der Waals surface area contributed by atoms with Gasteiger partial charge in [-0.3, -0.25) is 0 Å². The van der Waals surface area contributed by atoms with Crippen LogP contribution in [0.4, 0.5) is 24.5 Å². The third kappa shape index (κ3) is 3.53. The average molecular weight is 289 g/mol. The molecule has 0 bridgehead atoms. The highest BCUT2D eigenvalue weighted by atomic mass is 19.4. The zero-order valence-electron chi connectivity index (χ0n) is 11.0. The summed E-state index contributed by atoms with van der Waals surface area (Å²) in [6.45, 7) is 0.409. The van der Waals surface area contributed by atoms with Gasteiger partial charge in [-0.25, -0.2) is 4.98 Å². The first-order valence-corrected chi connectivity index (χ1v) is 6.62. The first-order valence-electron chi connectivity index (χ1n) is 6.62. The van der Waals surface area contributed by atoms with Crippen LogP contribution in [0.25, 0.3) is 0 Å². The van der Waals surface area contributed by atoms with E-state index in [9.17, 15) is 18.3 Å². The quantitative estimate of drug-likeness (QED) is 0.800. The minimum atomic E-state index is -4.49. The molecule has 0 aromatic carbocycles. The van der Waals surface area contributed by atoms with E-state index >= 15 is 0 Å². The van der Waals surface area contributed by atoms with Crippen molar-refractivity contribution >= 4 is 11.4 Å². The second-order valence-electron chi connectivity index (χ2n) is 5.15. The minimum Gasteiger partial charge on any atom is -0.396 e. The number of hydrogen-bond acceptors (Lipinski definition) is 4. The molecule has 112 valence electrons. The number of halogens is 3. The van der Waals surface area contributed by atoms with Gasteiger partial charge in [0.15, 0.2) is 0 Å². The first kappa shape index (κ1) is 14.9. The monoisotopic (exact) mass is 289 g/mol. The summed E-state index contributed by atoms with van der Waals surface area (Å²) in [5.41, 5.74) is 5.04. The van der Waals surface area contributed by atoms with Gasteiger partial charge in [0.1, 0.15) is 5.69 Å². The molecular weight excluding hydrogens is 271 g/mol. The molecule has 1 fully saturated rings. The lowest BCUT2D eigenvalue weighted by atomic mass is 9.86. The van der Waals surface area contributed by atoms with Crippen LogP contribution < -0.4 is 11.1 Å². The molecule has 0 amide bonds. The van der Waals surface area contributed by atoms with E-state index in [4.69, 9.17) is 5.73 Å². The van der Waals surface area contributed by atoms with E-state index in [1.165, 1.54) is 0 Å². The van der Waals surface area contributed by atoms with E-state index in [0.29, 0.717) is 6.54 Å². The number of nitrogen functional groups attached to an aromatic ring is 1. The fourth-order valence-corrected chi connectivity index (χ4v) is 2.44. The van der Waals surface area contributed by atoms with Crippen molar-refractivity contribution in [3.8, 4) is 0 Å². The minimum absolute atomic E-state index is 0.0469. The fraction of sp³-hybridized carbons (Fsp3) is 0.615. The lowest BCUT2D eigenvalue weighted by Gasteiger charge is -2.28. The normalized spacial score (nSPS) is 23.6. The summed E-state index contributed by atoms with van der Waals surface area (Å²) in [5.74, 6) is 0.0469. The molecule has 1 heterocycles. The predicted octanol–water partition coefficient (Wildman–Crippen LogP) is 2.65. The second-order valence-corrected chi connectivity index (χ2v) is 5.15. The van der Waals surface area contributed by atoms with Crippen LogP contribution in [0, 0.1) is 5.92 Å². The molecule has 2 atom stereocenters. The van der Waals surface area contributed by atoms with Crippen molar-refractivity contribution in [2.75, 3.05) is 17.6 Å². The molecule has 4 N–H and O–H groups in total. The molecular formula is C13H18F3N3O. The molecule has 2 rings (SSSR count). The van der Waals surface area contributed by atoms with E-state index in [0.717, 1.165) is 37.9 Å². The van der Waals surface area contributed by atoms with Gasteiger partial charge < -0.3 is 16.2 Å². The maximum Gasteiger partial charge on any atom is 0.433 e. The molecule has 4 nitrogen and oxygen atoms in total. The smallest absolute Gasteiger partial charge is 0.396 e. The summed E-state index contributed by atoms with van der Waals surface area (Å²) in [7, 11) is 0. The first-order chi connectivity index (χ1) is 9.38. The van der Waals surface area contributed by atoms with Crippen LogP contribution in [0.5, 0.6) is 0 Å². The Morgan fingerprint density at radius 1 is 1.35 bits per heavy atom. The summed E-state index contributed by atoms with van der Waals surface area (Å²) < 4.78 is 37.8. The largest absolute Gasteiger partial charge is 0.433 e. The van der Waals surface area contributed by atoms with Crippen LogP contribution in [0.15, 0.2) is 12.3 Å². The number of pyridine rings is 1. The van der Waals surface area contributed by atoms with E-state index in [-0.39, 0.29) is 17.3 Å². The topological polar surface area (TPSA) is 71.2 Å². The van der Waals surface area contributed by atoms with E-state index in [1.807, 2.05) is 0 Å². The molecule has 0 aliphatic heterocycles. The molecule has 20 heavy (non-hydrogen) atoms. The SMILES string of the molecule is Nc1cnc(C(F)(F)F)cc1NCC1CCCCC1O. The molecule has 2 unspecified atom stereocenters. The zero-order chi connectivity index (χ0) is 14.8. The maximum absolute atomic E-state index is 12.6. The molecule has 1 aliphatic rings. The summed E-state index contributed by atoms with van der Waals surface area (Å²) >= 11 is 0. The molecule has 1 aliphatic carbocycles. The lowest BCUT2D eigenvalue weighted by molar-refractivity contribution is -0.141. The second kappa shape index (κ2) is 5.87. The van der Waals surface area contributed by atoms with Crippen molar-refractivity contribution in [2.24, 2.45) is 5.92 Å². The fourth-order valence-electron chi connectivity index (χ4n) is 2.44. The third-order valence-electron chi connectivity index (χ3n) is 3.65. The zero-order valence-corrected chi connectivity index (χ0v) is 11.0. The lowest BCUT2D eigenvalue weighted by Crippen LogP contribution is -2.30. The van der Waals surface area contributed by atoms with Gasteiger partial charge in [0.25, 0.3) is 0 Å². The maximum atomic E-state index is 12.6. The molecule has 7 heteroatoms. The Morgan fingerprint density at radius 3 is 2.70 bits per heavy atom. The van der Waals surface area contributed by atoms with Gasteiger partial charge >= 0.3 is 6.18 Å². The predicted molar refractivity (Wildman–Crippen MR) is 70.1 cm³/mol. The Hall–Kier alpha value is -1.50. The molecule has 0 radical (unpaired) electrons. The Kier molecular flexibility index (Phi) is 4.37. The van der Waals surface area contributed by atoms with Crippen LogP contribution in [0.2, 0.25) is 0 Å². The molecule has 1 saturated carbocycles. The van der Waals surface area contributed by atoms with Crippen LogP contribution in [-0.4, -0.2) is 22.7 Å². The number of aliphatic hydroxyl groups is 1. The number of nitrogens with zero attached hydrogens (tertiary/aromatic N) is 1. The van der Waals surface area contributed by atoms with Crippen molar-refractivity contribution in [3.05, 3.63) is 18.0 Å². The Labute approximate surface area is 115 Å². The van der Waals surface area contributed by atoms with Crippen LogP contribution in [0.3, 0.4) is 0 Å². The highest BCUT2D eigenvalue weighted by Gasteiger charge is 2.33. The number of aromatic nitrogens is 1. The number of nitrogens with one attached hydrogen (secondary N) is 1. The van der Waals surface area contributed by atoms with Crippen molar-refractivity contribution in [3.63, 3.8) is 0 Å². The Balaban J connectivity index is 2.05. The summed E-state index contributed by atoms with van der Waals surface area (Å²) in [6.07, 6.45) is -0.258. The van der Waals surface area contributed by atoms with Gasteiger partial charge in [-0.1, -0.05) is 12.8 Å². The standard InChI is InChI=1S/C13H18F3N3O/c14-13(15,16)12-5-10(9(17)7-19-12)18-6-8-3-1-2-4-11(8)20/h5,7-8,11,20H,1-4,6,17H2,(H,18,19). The summed E-state index contributed by atoms with van der Waals surface area (Å²) in [6, 6.07) is 0.907. The highest BCUT2D eigenvalue weighted by molar-refractivity contribution is 5.65. The van der Waals surface area contributed by atoms with Crippen LogP contribution in [0.1, 0.15) is 31.4 Å².